The maximum Gasteiger partial charge on any atom is 0.234 e. The Morgan fingerprint density at radius 1 is 1.07 bits per heavy atom. The zero-order chi connectivity index (χ0) is 19.0. The van der Waals surface area contributed by atoms with E-state index in [0.717, 1.165) is 22.8 Å². The second kappa shape index (κ2) is 7.19. The summed E-state index contributed by atoms with van der Waals surface area (Å²) in [5.74, 6) is 2.06. The number of aromatic nitrogens is 1. The van der Waals surface area contributed by atoms with Crippen molar-refractivity contribution >= 4 is 28.6 Å². The molecule has 0 spiro atoms. The quantitative estimate of drug-likeness (QED) is 0.670. The number of para-hydroxylation sites is 1. The lowest BCUT2D eigenvalue weighted by Gasteiger charge is -2.27. The molecular formula is C21H22N2O3S. The van der Waals surface area contributed by atoms with Gasteiger partial charge in [0, 0.05) is 18.3 Å². The monoisotopic (exact) mass is 382 g/mol. The number of hydrogen-bond acceptors (Lipinski definition) is 4. The van der Waals surface area contributed by atoms with Crippen LogP contribution in [0.4, 0.5) is 0 Å². The Hall–Kier alpha value is -2.60. The molecule has 140 valence electrons. The summed E-state index contributed by atoms with van der Waals surface area (Å²) in [6.45, 7) is 0.545. The van der Waals surface area contributed by atoms with Crippen molar-refractivity contribution in [3.05, 3.63) is 59.8 Å². The van der Waals surface area contributed by atoms with E-state index in [0.29, 0.717) is 12.3 Å². The Kier molecular flexibility index (Phi) is 4.74. The number of hydrogen-bond donors (Lipinski definition) is 0. The lowest BCUT2D eigenvalue weighted by molar-refractivity contribution is -0.128. The van der Waals surface area contributed by atoms with Crippen LogP contribution in [0.25, 0.3) is 10.9 Å². The van der Waals surface area contributed by atoms with Gasteiger partial charge in [0.25, 0.3) is 0 Å². The standard InChI is InChI=1S/C21H22N2O3S/c1-22-15(11-14-7-4-5-8-16(14)22)12-23-19(24)13-27-21(23)20-17(25-2)9-6-10-18(20)26-3/h4-11,21H,12-13H2,1-3H3. The highest BCUT2D eigenvalue weighted by Gasteiger charge is 2.37. The molecule has 1 fully saturated rings. The molecule has 0 saturated carbocycles. The molecule has 1 aliphatic rings. The minimum absolute atomic E-state index is 0.128. The van der Waals surface area contributed by atoms with E-state index in [1.54, 1.807) is 26.0 Å². The van der Waals surface area contributed by atoms with Gasteiger partial charge in [-0.3, -0.25) is 4.79 Å². The predicted molar refractivity (Wildman–Crippen MR) is 108 cm³/mol. The molecule has 3 aromatic rings. The Morgan fingerprint density at radius 3 is 2.44 bits per heavy atom. The zero-order valence-electron chi connectivity index (χ0n) is 15.6. The van der Waals surface area contributed by atoms with E-state index < -0.39 is 0 Å². The fraction of sp³-hybridized carbons (Fsp3) is 0.286. The van der Waals surface area contributed by atoms with E-state index in [1.165, 1.54) is 10.9 Å². The van der Waals surface area contributed by atoms with Gasteiger partial charge in [0.2, 0.25) is 5.91 Å². The van der Waals surface area contributed by atoms with E-state index in [-0.39, 0.29) is 11.3 Å². The van der Waals surface area contributed by atoms with Gasteiger partial charge >= 0.3 is 0 Å². The fourth-order valence-electron chi connectivity index (χ4n) is 3.66. The van der Waals surface area contributed by atoms with Crippen molar-refractivity contribution < 1.29 is 14.3 Å². The molecule has 6 heteroatoms. The van der Waals surface area contributed by atoms with Gasteiger partial charge < -0.3 is 18.9 Å². The predicted octanol–water partition coefficient (Wildman–Crippen LogP) is 3.97. The molecule has 1 saturated heterocycles. The number of benzene rings is 2. The zero-order valence-corrected chi connectivity index (χ0v) is 16.5. The van der Waals surface area contributed by atoms with E-state index >= 15 is 0 Å². The molecule has 5 nitrogen and oxygen atoms in total. The summed E-state index contributed by atoms with van der Waals surface area (Å²) in [6.07, 6.45) is 0. The van der Waals surface area contributed by atoms with Crippen molar-refractivity contribution in [2.45, 2.75) is 11.9 Å². The van der Waals surface area contributed by atoms with Gasteiger partial charge in [0.05, 0.1) is 32.1 Å². The third-order valence-corrected chi connectivity index (χ3v) is 6.28. The van der Waals surface area contributed by atoms with Crippen LogP contribution in [0, 0.1) is 0 Å². The lowest BCUT2D eigenvalue weighted by atomic mass is 10.1. The molecule has 4 rings (SSSR count). The number of ether oxygens (including phenoxy) is 2. The van der Waals surface area contributed by atoms with Crippen LogP contribution in [0.5, 0.6) is 11.5 Å². The van der Waals surface area contributed by atoms with Crippen molar-refractivity contribution in [3.8, 4) is 11.5 Å². The fourth-order valence-corrected chi connectivity index (χ4v) is 4.90. The second-order valence-corrected chi connectivity index (χ2v) is 7.58. The molecule has 1 amide bonds. The lowest BCUT2D eigenvalue weighted by Crippen LogP contribution is -2.29. The van der Waals surface area contributed by atoms with Crippen molar-refractivity contribution in [3.63, 3.8) is 0 Å². The Labute approximate surface area is 162 Å². The summed E-state index contributed by atoms with van der Waals surface area (Å²) in [7, 11) is 5.34. The van der Waals surface area contributed by atoms with Gasteiger partial charge in [0.15, 0.2) is 0 Å². The van der Waals surface area contributed by atoms with Gasteiger partial charge in [-0.1, -0.05) is 24.3 Å². The third kappa shape index (κ3) is 3.04. The first-order chi connectivity index (χ1) is 13.1. The SMILES string of the molecule is COc1cccc(OC)c1C1SCC(=O)N1Cc1cc2ccccc2n1C. The molecule has 1 aliphatic heterocycles. The molecular weight excluding hydrogens is 360 g/mol. The van der Waals surface area contributed by atoms with Gasteiger partial charge in [-0.25, -0.2) is 0 Å². The molecule has 27 heavy (non-hydrogen) atoms. The van der Waals surface area contributed by atoms with Crippen LogP contribution in [-0.2, 0) is 18.4 Å². The summed E-state index contributed by atoms with van der Waals surface area (Å²) >= 11 is 1.61. The largest absolute Gasteiger partial charge is 0.496 e. The van der Waals surface area contributed by atoms with Gasteiger partial charge in [0.1, 0.15) is 16.9 Å². The minimum atomic E-state index is -0.137. The van der Waals surface area contributed by atoms with Crippen LogP contribution >= 0.6 is 11.8 Å². The number of rotatable bonds is 5. The van der Waals surface area contributed by atoms with Crippen LogP contribution in [0.1, 0.15) is 16.6 Å². The van der Waals surface area contributed by atoms with Gasteiger partial charge in [-0.15, -0.1) is 11.8 Å². The van der Waals surface area contributed by atoms with E-state index in [9.17, 15) is 4.79 Å². The highest BCUT2D eigenvalue weighted by molar-refractivity contribution is 8.00. The van der Waals surface area contributed by atoms with Crippen LogP contribution in [-0.4, -0.2) is 35.3 Å². The highest BCUT2D eigenvalue weighted by atomic mass is 32.2. The molecule has 0 aliphatic carbocycles. The molecule has 0 radical (unpaired) electrons. The van der Waals surface area contributed by atoms with Crippen LogP contribution in [0.15, 0.2) is 48.5 Å². The Morgan fingerprint density at radius 2 is 1.78 bits per heavy atom. The normalized spacial score (nSPS) is 16.9. The molecule has 0 N–H and O–H groups in total. The van der Waals surface area contributed by atoms with Crippen molar-refractivity contribution in [1.82, 2.24) is 9.47 Å². The molecule has 2 heterocycles. The van der Waals surface area contributed by atoms with Gasteiger partial charge in [-0.2, -0.15) is 0 Å². The molecule has 1 aromatic heterocycles. The summed E-state index contributed by atoms with van der Waals surface area (Å²) in [6, 6.07) is 16.1. The second-order valence-electron chi connectivity index (χ2n) is 6.51. The number of carbonyl (C=O) groups is 1. The van der Waals surface area contributed by atoms with Crippen molar-refractivity contribution in [1.29, 1.82) is 0 Å². The average Bonchev–Trinajstić information content (AvgIpc) is 3.22. The number of thioether (sulfide) groups is 1. The molecule has 0 bridgehead atoms. The van der Waals surface area contributed by atoms with E-state index in [4.69, 9.17) is 9.47 Å². The number of aryl methyl sites for hydroxylation is 1. The molecule has 1 atom stereocenters. The van der Waals surface area contributed by atoms with E-state index in [1.807, 2.05) is 42.3 Å². The van der Waals surface area contributed by atoms with Gasteiger partial charge in [-0.05, 0) is 29.7 Å². The summed E-state index contributed by atoms with van der Waals surface area (Å²) in [5.41, 5.74) is 3.18. The first-order valence-electron chi connectivity index (χ1n) is 8.79. The smallest absolute Gasteiger partial charge is 0.234 e. The maximum atomic E-state index is 12.7. The Balaban J connectivity index is 1.73. The number of carbonyl (C=O) groups excluding carboxylic acids is 1. The summed E-state index contributed by atoms with van der Waals surface area (Å²) in [5, 5.41) is 1.04. The average molecular weight is 382 g/mol. The molecule has 1 unspecified atom stereocenters. The van der Waals surface area contributed by atoms with Crippen molar-refractivity contribution in [2.75, 3.05) is 20.0 Å². The number of amides is 1. The first kappa shape index (κ1) is 17.8. The maximum absolute atomic E-state index is 12.7. The van der Waals surface area contributed by atoms with Crippen LogP contribution < -0.4 is 9.47 Å². The van der Waals surface area contributed by atoms with E-state index in [2.05, 4.69) is 22.8 Å². The van der Waals surface area contributed by atoms with Crippen LogP contribution in [0.3, 0.4) is 0 Å². The number of methoxy groups -OCH3 is 2. The minimum Gasteiger partial charge on any atom is -0.496 e. The summed E-state index contributed by atoms with van der Waals surface area (Å²) < 4.78 is 13.3. The Bertz CT molecular complexity index is 976. The number of fused-ring (bicyclic) bond motifs is 1. The molecule has 2 aromatic carbocycles. The number of nitrogens with zero attached hydrogens (tertiary/aromatic N) is 2. The first-order valence-corrected chi connectivity index (χ1v) is 9.84. The highest BCUT2D eigenvalue weighted by Crippen LogP contribution is 2.47. The topological polar surface area (TPSA) is 43.7 Å². The van der Waals surface area contributed by atoms with Crippen LogP contribution in [0.2, 0.25) is 0 Å². The third-order valence-electron chi connectivity index (χ3n) is 5.06. The van der Waals surface area contributed by atoms with Crippen molar-refractivity contribution in [2.24, 2.45) is 7.05 Å². The summed E-state index contributed by atoms with van der Waals surface area (Å²) in [4.78, 5) is 14.6.